The van der Waals surface area contributed by atoms with Gasteiger partial charge in [-0.15, -0.1) is 0 Å². The highest BCUT2D eigenvalue weighted by Crippen LogP contribution is 2.28. The van der Waals surface area contributed by atoms with Crippen LogP contribution in [0.25, 0.3) is 11.1 Å². The summed E-state index contributed by atoms with van der Waals surface area (Å²) in [5, 5.41) is 9.18. The maximum atomic E-state index is 11.2. The summed E-state index contributed by atoms with van der Waals surface area (Å²) < 4.78 is 11.9. The molecule has 0 aliphatic rings. The lowest BCUT2D eigenvalue weighted by Gasteiger charge is -2.10. The number of carboxylic acids is 1. The molecule has 2 aromatic rings. The van der Waals surface area contributed by atoms with Crippen molar-refractivity contribution in [3.8, 4) is 22.6 Å². The van der Waals surface area contributed by atoms with Gasteiger partial charge >= 0.3 is 5.97 Å². The van der Waals surface area contributed by atoms with E-state index >= 15 is 0 Å². The minimum absolute atomic E-state index is 0.174. The second kappa shape index (κ2) is 8.03. The Morgan fingerprint density at radius 3 is 2.36 bits per heavy atom. The number of alkyl halides is 1. The molecule has 4 nitrogen and oxygen atoms in total. The molecule has 0 amide bonds. The van der Waals surface area contributed by atoms with Crippen LogP contribution in [0.1, 0.15) is 17.3 Å². The largest absolute Gasteiger partial charge is 0.493 e. The van der Waals surface area contributed by atoms with E-state index in [1.807, 2.05) is 31.2 Å². The van der Waals surface area contributed by atoms with Gasteiger partial charge in [-0.3, -0.25) is 0 Å². The van der Waals surface area contributed by atoms with Crippen LogP contribution in [0.2, 0.25) is 0 Å². The van der Waals surface area contributed by atoms with E-state index < -0.39 is 5.97 Å². The zero-order valence-electron chi connectivity index (χ0n) is 12.2. The molecular weight excluding hydrogens is 395 g/mol. The Morgan fingerprint density at radius 1 is 1.09 bits per heavy atom. The van der Waals surface area contributed by atoms with E-state index in [0.717, 1.165) is 21.3 Å². The molecule has 1 N–H and O–H groups in total. The molecule has 22 heavy (non-hydrogen) atoms. The Morgan fingerprint density at radius 2 is 1.77 bits per heavy atom. The summed E-state index contributed by atoms with van der Waals surface area (Å²) in [6.07, 6.45) is 0. The van der Waals surface area contributed by atoms with Crippen molar-refractivity contribution >= 4 is 28.6 Å². The van der Waals surface area contributed by atoms with Gasteiger partial charge in [0.05, 0.1) is 13.2 Å². The molecule has 0 saturated heterocycles. The molecule has 5 heteroatoms. The molecule has 0 aliphatic carbocycles. The molecule has 0 atom stereocenters. The van der Waals surface area contributed by atoms with E-state index in [-0.39, 0.29) is 5.56 Å². The van der Waals surface area contributed by atoms with Crippen LogP contribution < -0.4 is 9.47 Å². The number of hydrogen-bond donors (Lipinski definition) is 1. The maximum Gasteiger partial charge on any atom is 0.339 e. The Balaban J connectivity index is 2.28. The van der Waals surface area contributed by atoms with Crippen LogP contribution in [0.4, 0.5) is 0 Å². The monoisotopic (exact) mass is 412 g/mol. The van der Waals surface area contributed by atoms with E-state index in [1.54, 1.807) is 18.2 Å². The Hall–Kier alpha value is -1.76. The maximum absolute atomic E-state index is 11.2. The van der Waals surface area contributed by atoms with Crippen molar-refractivity contribution in [1.82, 2.24) is 0 Å². The van der Waals surface area contributed by atoms with Crippen LogP contribution in [0, 0.1) is 0 Å². The highest BCUT2D eigenvalue weighted by Gasteiger charge is 2.12. The van der Waals surface area contributed by atoms with Crippen LogP contribution in [-0.4, -0.2) is 28.7 Å². The first-order valence-electron chi connectivity index (χ1n) is 6.95. The van der Waals surface area contributed by atoms with E-state index in [9.17, 15) is 9.90 Å². The number of benzene rings is 2. The van der Waals surface area contributed by atoms with Crippen molar-refractivity contribution in [2.24, 2.45) is 0 Å². The second-order valence-corrected chi connectivity index (χ2v) is 5.59. The fraction of sp³-hybridized carbons (Fsp3) is 0.235. The first kappa shape index (κ1) is 16.6. The minimum Gasteiger partial charge on any atom is -0.493 e. The molecule has 2 aromatic carbocycles. The average Bonchev–Trinajstić information content (AvgIpc) is 2.53. The van der Waals surface area contributed by atoms with Gasteiger partial charge in [-0.1, -0.05) is 40.8 Å². The van der Waals surface area contributed by atoms with Crippen molar-refractivity contribution in [2.75, 3.05) is 17.6 Å². The Bertz CT molecular complexity index is 638. The highest BCUT2D eigenvalue weighted by atomic mass is 127. The van der Waals surface area contributed by atoms with E-state index in [0.29, 0.717) is 19.0 Å². The molecule has 0 saturated carbocycles. The van der Waals surface area contributed by atoms with Crippen molar-refractivity contribution in [1.29, 1.82) is 0 Å². The fourth-order valence-corrected chi connectivity index (χ4v) is 2.27. The van der Waals surface area contributed by atoms with E-state index in [1.165, 1.54) is 0 Å². The predicted octanol–water partition coefficient (Wildman–Crippen LogP) is 4.26. The summed E-state index contributed by atoms with van der Waals surface area (Å²) in [5.74, 6) is 0.225. The lowest BCUT2D eigenvalue weighted by Crippen LogP contribution is -2.03. The number of ether oxygens (including phenoxy) is 2. The zero-order valence-corrected chi connectivity index (χ0v) is 14.4. The molecule has 116 valence electrons. The number of carbonyl (C=O) groups is 1. The molecule has 0 unspecified atom stereocenters. The standard InChI is InChI=1S/C17H17IO4/c1-2-21-16-11-13(5-8-15(16)17(19)20)12-3-6-14(7-4-12)22-10-9-18/h3-8,11H,2,9-10H2,1H3,(H,19,20). The van der Waals surface area contributed by atoms with Gasteiger partial charge in [-0.25, -0.2) is 4.79 Å². The second-order valence-electron chi connectivity index (χ2n) is 4.51. The third-order valence-corrected chi connectivity index (χ3v) is 3.49. The van der Waals surface area contributed by atoms with Crippen LogP contribution >= 0.6 is 22.6 Å². The zero-order chi connectivity index (χ0) is 15.9. The highest BCUT2D eigenvalue weighted by molar-refractivity contribution is 14.1. The van der Waals surface area contributed by atoms with Gasteiger partial charge in [-0.2, -0.15) is 0 Å². The fourth-order valence-electron chi connectivity index (χ4n) is 2.05. The van der Waals surface area contributed by atoms with Crippen LogP contribution in [0.15, 0.2) is 42.5 Å². The molecule has 0 spiro atoms. The molecular formula is C17H17IO4. The third kappa shape index (κ3) is 4.13. The first-order valence-corrected chi connectivity index (χ1v) is 8.47. The quantitative estimate of drug-likeness (QED) is 0.546. The number of carboxylic acid groups (broad SMARTS) is 1. The summed E-state index contributed by atoms with van der Waals surface area (Å²) in [5.41, 5.74) is 2.07. The van der Waals surface area contributed by atoms with Gasteiger partial charge in [0.15, 0.2) is 0 Å². The van der Waals surface area contributed by atoms with Crippen LogP contribution in [0.5, 0.6) is 11.5 Å². The van der Waals surface area contributed by atoms with Gasteiger partial charge in [0, 0.05) is 4.43 Å². The average molecular weight is 412 g/mol. The molecule has 0 radical (unpaired) electrons. The molecule has 0 aliphatic heterocycles. The van der Waals surface area contributed by atoms with Crippen molar-refractivity contribution in [3.05, 3.63) is 48.0 Å². The van der Waals surface area contributed by atoms with Crippen molar-refractivity contribution < 1.29 is 19.4 Å². The minimum atomic E-state index is -0.988. The number of hydrogen-bond acceptors (Lipinski definition) is 3. The van der Waals surface area contributed by atoms with E-state index in [2.05, 4.69) is 22.6 Å². The Labute approximate surface area is 143 Å². The van der Waals surface area contributed by atoms with Gasteiger partial charge in [-0.05, 0) is 42.3 Å². The van der Waals surface area contributed by atoms with Crippen molar-refractivity contribution in [3.63, 3.8) is 0 Å². The van der Waals surface area contributed by atoms with Crippen LogP contribution in [-0.2, 0) is 0 Å². The molecule has 2 rings (SSSR count). The van der Waals surface area contributed by atoms with E-state index in [4.69, 9.17) is 9.47 Å². The molecule has 0 aromatic heterocycles. The summed E-state index contributed by atoms with van der Waals surface area (Å²) in [4.78, 5) is 11.2. The number of halogens is 1. The molecule has 0 fully saturated rings. The normalized spacial score (nSPS) is 10.3. The predicted molar refractivity (Wildman–Crippen MR) is 94.4 cm³/mol. The lowest BCUT2D eigenvalue weighted by molar-refractivity contribution is 0.0692. The Kier molecular flexibility index (Phi) is 6.06. The van der Waals surface area contributed by atoms with Gasteiger partial charge in [0.2, 0.25) is 0 Å². The smallest absolute Gasteiger partial charge is 0.339 e. The molecule has 0 bridgehead atoms. The summed E-state index contributed by atoms with van der Waals surface area (Å²) in [7, 11) is 0. The summed E-state index contributed by atoms with van der Waals surface area (Å²) in [6, 6.07) is 12.8. The first-order chi connectivity index (χ1) is 10.7. The van der Waals surface area contributed by atoms with Gasteiger partial charge in [0.1, 0.15) is 17.1 Å². The van der Waals surface area contributed by atoms with Gasteiger partial charge in [0.25, 0.3) is 0 Å². The van der Waals surface area contributed by atoms with Crippen LogP contribution in [0.3, 0.4) is 0 Å². The number of aromatic carboxylic acids is 1. The summed E-state index contributed by atoms with van der Waals surface area (Å²) >= 11 is 2.26. The third-order valence-electron chi connectivity index (χ3n) is 3.05. The molecule has 0 heterocycles. The van der Waals surface area contributed by atoms with Crippen molar-refractivity contribution in [2.45, 2.75) is 6.92 Å². The topological polar surface area (TPSA) is 55.8 Å². The van der Waals surface area contributed by atoms with Gasteiger partial charge < -0.3 is 14.6 Å². The summed E-state index contributed by atoms with van der Waals surface area (Å²) in [6.45, 7) is 2.94. The number of rotatable bonds is 7. The lowest BCUT2D eigenvalue weighted by atomic mass is 10.0. The SMILES string of the molecule is CCOc1cc(-c2ccc(OCCI)cc2)ccc1C(=O)O.